The van der Waals surface area contributed by atoms with E-state index < -0.39 is 5.82 Å². The molecule has 0 aromatic heterocycles. The molecule has 0 amide bonds. The number of benzene rings is 2. The molecule has 0 atom stereocenters. The minimum absolute atomic E-state index is 0.0834. The molecule has 1 aliphatic rings. The van der Waals surface area contributed by atoms with Gasteiger partial charge in [-0.05, 0) is 68.0 Å². The first-order valence-electron chi connectivity index (χ1n) is 12.2. The Hall–Kier alpha value is -3.04. The first-order valence-corrected chi connectivity index (χ1v) is 12.2. The van der Waals surface area contributed by atoms with Crippen LogP contribution in [0.15, 0.2) is 42.5 Å². The van der Waals surface area contributed by atoms with Crippen LogP contribution in [0.5, 0.6) is 5.75 Å². The van der Waals surface area contributed by atoms with Crippen LogP contribution in [0.25, 0.3) is 0 Å². The van der Waals surface area contributed by atoms with Crippen LogP contribution in [0.2, 0.25) is 0 Å². The summed E-state index contributed by atoms with van der Waals surface area (Å²) in [6, 6.07) is 12.0. The van der Waals surface area contributed by atoms with Crippen LogP contribution in [-0.4, -0.2) is 5.97 Å². The van der Waals surface area contributed by atoms with E-state index in [1.54, 1.807) is 12.1 Å². The topological polar surface area (TPSA) is 26.3 Å². The van der Waals surface area contributed by atoms with Crippen molar-refractivity contribution in [3.63, 3.8) is 0 Å². The van der Waals surface area contributed by atoms with Crippen LogP contribution < -0.4 is 4.74 Å². The highest BCUT2D eigenvalue weighted by Crippen LogP contribution is 2.33. The molecule has 1 aliphatic carbocycles. The van der Waals surface area contributed by atoms with Crippen LogP contribution in [-0.2, 0) is 4.79 Å². The zero-order valence-electron chi connectivity index (χ0n) is 19.8. The van der Waals surface area contributed by atoms with E-state index in [9.17, 15) is 9.18 Å². The number of halogens is 1. The number of rotatable bonds is 6. The summed E-state index contributed by atoms with van der Waals surface area (Å²) in [6.45, 7) is 4.23. The van der Waals surface area contributed by atoms with Crippen LogP contribution >= 0.6 is 0 Å². The van der Waals surface area contributed by atoms with Gasteiger partial charge in [0.1, 0.15) is 11.6 Å². The van der Waals surface area contributed by atoms with Crippen molar-refractivity contribution >= 4 is 5.97 Å². The van der Waals surface area contributed by atoms with E-state index in [1.165, 1.54) is 31.7 Å². The van der Waals surface area contributed by atoms with Gasteiger partial charge in [0, 0.05) is 23.6 Å². The predicted octanol–water partition coefficient (Wildman–Crippen LogP) is 7.28. The molecule has 0 saturated heterocycles. The number of hydrogen-bond acceptors (Lipinski definition) is 2. The predicted molar refractivity (Wildman–Crippen MR) is 131 cm³/mol. The van der Waals surface area contributed by atoms with Gasteiger partial charge in [0.05, 0.1) is 11.5 Å². The molecule has 33 heavy (non-hydrogen) atoms. The third-order valence-electron chi connectivity index (χ3n) is 6.19. The fourth-order valence-corrected chi connectivity index (χ4v) is 4.20. The molecule has 1 saturated carbocycles. The van der Waals surface area contributed by atoms with Gasteiger partial charge in [-0.15, -0.1) is 0 Å². The zero-order chi connectivity index (χ0) is 23.5. The summed E-state index contributed by atoms with van der Waals surface area (Å²) in [7, 11) is 0. The second-order valence-corrected chi connectivity index (χ2v) is 8.76. The third kappa shape index (κ3) is 7.80. The summed E-state index contributed by atoms with van der Waals surface area (Å²) < 4.78 is 20.0. The van der Waals surface area contributed by atoms with Crippen LogP contribution in [0.4, 0.5) is 4.39 Å². The Kier molecular flexibility index (Phi) is 9.59. The highest BCUT2D eigenvalue weighted by molar-refractivity contribution is 5.75. The van der Waals surface area contributed by atoms with E-state index in [1.807, 2.05) is 31.2 Å². The van der Waals surface area contributed by atoms with Crippen molar-refractivity contribution < 1.29 is 13.9 Å². The minimum atomic E-state index is -0.488. The fourth-order valence-electron chi connectivity index (χ4n) is 4.20. The molecule has 0 aliphatic heterocycles. The summed E-state index contributed by atoms with van der Waals surface area (Å²) in [5, 5.41) is 0. The molecule has 0 heterocycles. The fraction of sp³-hybridized carbons (Fsp3) is 0.433. The number of carbonyl (C=O) groups is 1. The summed E-state index contributed by atoms with van der Waals surface area (Å²) in [5.41, 5.74) is 2.00. The van der Waals surface area contributed by atoms with Gasteiger partial charge < -0.3 is 4.74 Å². The minimum Gasteiger partial charge on any atom is -0.426 e. The van der Waals surface area contributed by atoms with E-state index in [2.05, 4.69) is 30.6 Å². The number of carbonyl (C=O) groups excluding carboxylic acids is 1. The first-order chi connectivity index (χ1) is 16.1. The lowest BCUT2D eigenvalue weighted by Gasteiger charge is -2.27. The summed E-state index contributed by atoms with van der Waals surface area (Å²) >= 11 is 0. The molecule has 0 N–H and O–H groups in total. The highest BCUT2D eigenvalue weighted by Gasteiger charge is 2.27. The van der Waals surface area contributed by atoms with Gasteiger partial charge in [-0.3, -0.25) is 4.79 Å². The lowest BCUT2D eigenvalue weighted by molar-refractivity contribution is -0.140. The van der Waals surface area contributed by atoms with E-state index in [0.29, 0.717) is 0 Å². The monoisotopic (exact) mass is 444 g/mol. The lowest BCUT2D eigenvalue weighted by Crippen LogP contribution is -2.25. The Balaban J connectivity index is 1.54. The molecule has 172 valence electrons. The van der Waals surface area contributed by atoms with Crippen molar-refractivity contribution in [2.75, 3.05) is 0 Å². The Bertz CT molecular complexity index is 1040. The molecule has 2 aromatic rings. The molecular weight excluding hydrogens is 411 g/mol. The largest absolute Gasteiger partial charge is 0.426 e. The third-order valence-corrected chi connectivity index (χ3v) is 6.19. The Morgan fingerprint density at radius 3 is 2.27 bits per heavy atom. The maximum atomic E-state index is 14.5. The SMILES string of the molecule is CCC#Cc1ccc(C#Cc2ccc(OC(=O)[C@H]3CC[C@H](CCCCC)CC3)cc2F)cc1. The zero-order valence-corrected chi connectivity index (χ0v) is 19.8. The van der Waals surface area contributed by atoms with Crippen molar-refractivity contribution in [3.8, 4) is 29.4 Å². The summed E-state index contributed by atoms with van der Waals surface area (Å²) in [6.07, 6.45) is 9.78. The van der Waals surface area contributed by atoms with E-state index in [4.69, 9.17) is 4.74 Å². The normalized spacial score (nSPS) is 17.3. The van der Waals surface area contributed by atoms with Crippen molar-refractivity contribution in [1.82, 2.24) is 0 Å². The second kappa shape index (κ2) is 12.9. The maximum absolute atomic E-state index is 14.5. The number of unbranched alkanes of at least 4 members (excludes halogenated alkanes) is 2. The van der Waals surface area contributed by atoms with Crippen LogP contribution in [0.1, 0.15) is 88.3 Å². The molecule has 1 fully saturated rings. The average Bonchev–Trinajstić information content (AvgIpc) is 2.83. The second-order valence-electron chi connectivity index (χ2n) is 8.76. The highest BCUT2D eigenvalue weighted by atomic mass is 19.1. The maximum Gasteiger partial charge on any atom is 0.314 e. The van der Waals surface area contributed by atoms with Crippen LogP contribution in [0, 0.1) is 41.3 Å². The van der Waals surface area contributed by atoms with Crippen molar-refractivity contribution in [2.24, 2.45) is 11.8 Å². The molecular formula is C30H33FO2. The molecule has 0 radical (unpaired) electrons. The van der Waals surface area contributed by atoms with Gasteiger partial charge >= 0.3 is 5.97 Å². The Morgan fingerprint density at radius 1 is 0.939 bits per heavy atom. The molecule has 2 nitrogen and oxygen atoms in total. The van der Waals surface area contributed by atoms with Gasteiger partial charge in [0.2, 0.25) is 0 Å². The van der Waals surface area contributed by atoms with Crippen molar-refractivity contribution in [2.45, 2.75) is 71.6 Å². The smallest absolute Gasteiger partial charge is 0.314 e. The molecule has 3 heteroatoms. The number of hydrogen-bond donors (Lipinski definition) is 0. The van der Waals surface area contributed by atoms with Gasteiger partial charge in [-0.1, -0.05) is 63.2 Å². The van der Waals surface area contributed by atoms with Crippen molar-refractivity contribution in [1.29, 1.82) is 0 Å². The average molecular weight is 445 g/mol. The van der Waals surface area contributed by atoms with E-state index in [-0.39, 0.29) is 23.2 Å². The van der Waals surface area contributed by atoms with Gasteiger partial charge in [-0.25, -0.2) is 4.39 Å². The van der Waals surface area contributed by atoms with E-state index >= 15 is 0 Å². The summed E-state index contributed by atoms with van der Waals surface area (Å²) in [4.78, 5) is 12.6. The molecule has 0 unspecified atom stereocenters. The Labute approximate surface area is 197 Å². The quantitative estimate of drug-likeness (QED) is 0.203. The lowest BCUT2D eigenvalue weighted by atomic mass is 9.80. The van der Waals surface area contributed by atoms with Gasteiger partial charge in [0.25, 0.3) is 0 Å². The van der Waals surface area contributed by atoms with Crippen LogP contribution in [0.3, 0.4) is 0 Å². The number of ether oxygens (including phenoxy) is 1. The standard InChI is InChI=1S/C30H33FO2/c1-3-5-7-9-24-15-18-27(19-16-24)30(32)33-28-21-20-26(29(31)22-28)17-14-25-12-10-23(11-13-25)8-6-4-2/h10-13,20-22,24,27H,3-5,7,9,15-16,18-19H2,1-2H3/t24-,27-. The van der Waals surface area contributed by atoms with Gasteiger partial charge in [-0.2, -0.15) is 0 Å². The molecule has 0 spiro atoms. The van der Waals surface area contributed by atoms with Crippen molar-refractivity contribution in [3.05, 3.63) is 65.0 Å². The molecule has 0 bridgehead atoms. The summed E-state index contributed by atoms with van der Waals surface area (Å²) in [5.74, 6) is 12.1. The molecule has 3 rings (SSSR count). The Morgan fingerprint density at radius 2 is 1.64 bits per heavy atom. The van der Waals surface area contributed by atoms with E-state index in [0.717, 1.165) is 49.1 Å². The number of esters is 1. The van der Waals surface area contributed by atoms with Gasteiger partial charge in [0.15, 0.2) is 0 Å². The molecule has 2 aromatic carbocycles. The first kappa shape index (κ1) is 24.6.